The number of esters is 1. The summed E-state index contributed by atoms with van der Waals surface area (Å²) in [6, 6.07) is 7.38. The van der Waals surface area contributed by atoms with Gasteiger partial charge in [0.05, 0.1) is 48.5 Å². The van der Waals surface area contributed by atoms with Gasteiger partial charge in [0.15, 0.2) is 0 Å². The van der Waals surface area contributed by atoms with Crippen LogP contribution < -0.4 is 86.3 Å². The maximum absolute atomic E-state index is 14.9. The van der Waals surface area contributed by atoms with E-state index in [-0.39, 0.29) is 113 Å². The highest BCUT2D eigenvalue weighted by atomic mass is 19.1. The fourth-order valence-electron chi connectivity index (χ4n) is 13.2. The molecule has 1 aliphatic rings. The molecule has 9 atom stereocenters. The highest BCUT2D eigenvalue weighted by molar-refractivity contribution is 6.36. The average Bonchev–Trinajstić information content (AvgIpc) is 1.61. The lowest BCUT2D eigenvalue weighted by Gasteiger charge is -2.28. The third-order valence-electron chi connectivity index (χ3n) is 19.7. The Labute approximate surface area is 693 Å². The minimum absolute atomic E-state index is 0.00294. The number of aromatic nitrogens is 1. The van der Waals surface area contributed by atoms with E-state index >= 15 is 0 Å². The number of H-pyrrole nitrogens is 1. The number of fused-ring (bicyclic) bond motifs is 1. The number of carbonyl (C=O) groups excluding carboxylic acids is 14. The quantitative estimate of drug-likeness (QED) is 0.0159. The van der Waals surface area contributed by atoms with E-state index in [1.165, 1.54) is 36.9 Å². The monoisotopic (exact) mass is 1660 g/mol. The summed E-state index contributed by atoms with van der Waals surface area (Å²) in [5.41, 5.74) is 27.9. The van der Waals surface area contributed by atoms with Gasteiger partial charge in [0.25, 0.3) is 11.8 Å². The number of aliphatic hydroxyl groups excluding tert-OH is 2. The van der Waals surface area contributed by atoms with Gasteiger partial charge in [-0.15, -0.1) is 0 Å². The maximum Gasteiger partial charge on any atom is 0.326 e. The molecule has 0 bridgehead atoms. The van der Waals surface area contributed by atoms with Crippen LogP contribution in [0.3, 0.4) is 0 Å². The maximum atomic E-state index is 14.9. The van der Waals surface area contributed by atoms with Crippen molar-refractivity contribution in [3.05, 3.63) is 112 Å². The van der Waals surface area contributed by atoms with Crippen molar-refractivity contribution in [2.45, 2.75) is 207 Å². The Balaban J connectivity index is 1.36. The number of nitrogens with one attached hydrogen (secondary N) is 12. The number of likely N-dealkylation sites (N-methyl/N-ethyl adjacent to an activating group) is 1. The van der Waals surface area contributed by atoms with Crippen LogP contribution >= 0.6 is 0 Å². The van der Waals surface area contributed by atoms with Crippen LogP contribution in [-0.4, -0.2) is 229 Å². The predicted octanol–water partition coefficient (Wildman–Crippen LogP) is 0.151. The number of hydrogen-bond donors (Lipinski definition) is 18. The molecule has 2 heterocycles. The van der Waals surface area contributed by atoms with Gasteiger partial charge in [0.1, 0.15) is 61.3 Å². The molecular weight excluding hydrogens is 1540 g/mol. The first-order valence-electron chi connectivity index (χ1n) is 40.6. The Morgan fingerprint density at radius 1 is 0.571 bits per heavy atom. The second-order valence-corrected chi connectivity index (χ2v) is 30.5. The topological polar surface area (TPSA) is 547 Å². The summed E-state index contributed by atoms with van der Waals surface area (Å²) in [5, 5.41) is 48.8. The third kappa shape index (κ3) is 32.6. The molecule has 119 heavy (non-hydrogen) atoms. The molecule has 1 aliphatic heterocycles. The van der Waals surface area contributed by atoms with Crippen LogP contribution in [0.25, 0.3) is 22.8 Å². The zero-order valence-corrected chi connectivity index (χ0v) is 69.8. The van der Waals surface area contributed by atoms with E-state index in [1.54, 1.807) is 82.3 Å². The molecule has 0 saturated carbocycles. The number of aryl methyl sites for hydroxylation is 1. The van der Waals surface area contributed by atoms with E-state index in [1.807, 2.05) is 13.8 Å². The molecule has 1 unspecified atom stereocenters. The lowest BCUT2D eigenvalue weighted by Crippen LogP contribution is -2.60. The van der Waals surface area contributed by atoms with Crippen molar-refractivity contribution in [3.8, 4) is 11.1 Å². The summed E-state index contributed by atoms with van der Waals surface area (Å²) >= 11 is 0. The minimum atomic E-state index is -1.66. The van der Waals surface area contributed by atoms with Crippen LogP contribution in [0.1, 0.15) is 170 Å². The van der Waals surface area contributed by atoms with Gasteiger partial charge in [-0.2, -0.15) is 0 Å². The number of aromatic amines is 1. The molecule has 0 fully saturated rings. The summed E-state index contributed by atoms with van der Waals surface area (Å²) in [6.45, 7) is 17.9. The van der Waals surface area contributed by atoms with Gasteiger partial charge in [-0.05, 0) is 163 Å². The van der Waals surface area contributed by atoms with Crippen LogP contribution in [0, 0.1) is 31.5 Å². The van der Waals surface area contributed by atoms with E-state index in [0.717, 1.165) is 32.4 Å². The second-order valence-electron chi connectivity index (χ2n) is 30.5. The minimum Gasteiger partial charge on any atom is -0.459 e. The van der Waals surface area contributed by atoms with Crippen LogP contribution in [0.4, 0.5) is 10.1 Å². The van der Waals surface area contributed by atoms with Gasteiger partial charge >= 0.3 is 5.97 Å². The number of hydrogen-bond acceptors (Lipinski definition) is 21. The number of benzene rings is 3. The molecule has 5 rings (SSSR count). The molecule has 0 saturated heterocycles. The van der Waals surface area contributed by atoms with E-state index in [0.29, 0.717) is 70.2 Å². The first kappa shape index (κ1) is 98.5. The van der Waals surface area contributed by atoms with E-state index < -0.39 is 157 Å². The summed E-state index contributed by atoms with van der Waals surface area (Å²) in [7, 11) is 0. The molecular formula is C83H123FN18O17. The molecule has 35 nitrogen and oxygen atoms in total. The molecule has 3 aromatic carbocycles. The Morgan fingerprint density at radius 2 is 1.11 bits per heavy atom. The summed E-state index contributed by atoms with van der Waals surface area (Å²) in [6.07, 6.45) is 1.06. The lowest BCUT2D eigenvalue weighted by atomic mass is 9.98. The lowest BCUT2D eigenvalue weighted by molar-refractivity contribution is -0.144. The molecule has 1 aromatic heterocycles. The third-order valence-corrected chi connectivity index (χ3v) is 19.7. The zero-order chi connectivity index (χ0) is 88.2. The van der Waals surface area contributed by atoms with E-state index in [2.05, 4.69) is 82.2 Å². The van der Waals surface area contributed by atoms with Crippen LogP contribution in [0.15, 0.2) is 66.7 Å². The average molecular weight is 1660 g/mol. The van der Waals surface area contributed by atoms with E-state index in [9.17, 15) is 81.7 Å². The zero-order valence-electron chi connectivity index (χ0n) is 69.8. The molecule has 0 spiro atoms. The van der Waals surface area contributed by atoms with Gasteiger partial charge in [-0.25, -0.2) is 4.39 Å². The van der Waals surface area contributed by atoms with Gasteiger partial charge in [-0.3, -0.25) is 72.0 Å². The number of amides is 13. The number of nitrogens with zero attached hydrogens (tertiary/aromatic N) is 2. The predicted molar refractivity (Wildman–Crippen MR) is 445 cm³/mol. The highest BCUT2D eigenvalue weighted by Gasteiger charge is 2.38. The molecule has 0 radical (unpaired) electrons. The Hall–Kier alpha value is -11.1. The smallest absolute Gasteiger partial charge is 0.326 e. The van der Waals surface area contributed by atoms with Gasteiger partial charge < -0.3 is 106 Å². The molecule has 13 amide bonds. The Bertz CT molecular complexity index is 4150. The normalized spacial score (nSPS) is 14.4. The molecule has 4 aromatic rings. The number of primary amides is 1. The van der Waals surface area contributed by atoms with Crippen molar-refractivity contribution in [2.24, 2.45) is 34.8 Å². The van der Waals surface area contributed by atoms with E-state index in [4.69, 9.17) is 27.7 Å². The number of halogens is 1. The van der Waals surface area contributed by atoms with Gasteiger partial charge in [0, 0.05) is 49.4 Å². The summed E-state index contributed by atoms with van der Waals surface area (Å²) in [5.74, 6) is -11.3. The van der Waals surface area contributed by atoms with Crippen molar-refractivity contribution in [3.63, 3.8) is 0 Å². The Morgan fingerprint density at radius 3 is 1.68 bits per heavy atom. The molecule has 36 heteroatoms. The summed E-state index contributed by atoms with van der Waals surface area (Å²) in [4.78, 5) is 197. The summed E-state index contributed by atoms with van der Waals surface area (Å²) < 4.78 is 20.6. The van der Waals surface area contributed by atoms with Crippen molar-refractivity contribution in [1.29, 1.82) is 0 Å². The number of unbranched alkanes of at least 4 members (excludes halogenated alkanes) is 2. The fraction of sp³-hybridized carbons (Fsp3) is 0.542. The second kappa shape index (κ2) is 50.0. The largest absolute Gasteiger partial charge is 0.459 e. The number of ether oxygens (including phenoxy) is 1. The van der Waals surface area contributed by atoms with Crippen LogP contribution in [0.2, 0.25) is 0 Å². The number of carbonyl (C=O) groups is 14. The number of anilines is 1. The first-order chi connectivity index (χ1) is 56.5. The molecule has 0 aliphatic carbocycles. The number of rotatable bonds is 52. The number of nitrogens with two attached hydrogens (primary N) is 4. The van der Waals surface area contributed by atoms with Crippen molar-refractivity contribution in [2.75, 3.05) is 76.9 Å². The SMILES string of the molecule is CCN(CC)CCNC(=O)c1c(C)[nH]c(/C=C2\C(=O)N(CC(=O)OCc3ccc(-c4ccc(C[C@@H](NC(=O)C(CCN)NC(=O)[C@H](CCNC(=O)C[C@@H](C)O)NC(=O)CNC(=O)[C@@H](NC(=O)[C@@H](CCN)NC(=O)CCCCCC(C)C)[C@@H](C)O)C(=O)N[C@@H](CC(C)C)C(=O)N[C@@H](CCN)C(=O)NCC(N)=O)cc4)cc3)c3ccc(F)cc32)c1C. The van der Waals surface area contributed by atoms with Gasteiger partial charge in [0.2, 0.25) is 65.0 Å². The van der Waals surface area contributed by atoms with Gasteiger partial charge in [-0.1, -0.05) is 109 Å². The fourth-order valence-corrected chi connectivity index (χ4v) is 13.2. The van der Waals surface area contributed by atoms with Crippen molar-refractivity contribution < 1.29 is 86.5 Å². The highest BCUT2D eigenvalue weighted by Crippen LogP contribution is 2.39. The first-order valence-corrected chi connectivity index (χ1v) is 40.6. The molecule has 22 N–H and O–H groups in total. The Kier molecular flexibility index (Phi) is 41.4. The standard InChI is InChI=1S/C83H123FN18O17/c1-11-101(12-2)37-36-90-81(116)73-50(8)64(93-51(73)9)42-59-58-41-57(84)26-27-67(58)102(83(59)118)45-72(109)119-46-54-20-24-56(25-21-54)55-22-18-53(19-23-55)40-66(80(115)98-65(38-48(5)6)79(114)96-60(28-32-85)75(110)91-43-68(88)105)99-76(111)62(30-34-87)97-77(112)63(31-35-89-70(107)39-49(7)103)95-71(108)44-92-82(117)74(52(10)104)100-78(113)61(29-33-86)94-69(106)17-15-13-14-16-47(3)4/h18-27,41-42,47-49,52,60-63,65-66,74,93,103-104H,11-17,28-40,43-46,85-87H2,1-10H3,(H2,88,105)(H,89,107)(H,90,116)(H,91,110)(H,92,117)(H,94,106)(H,95,108)(H,96,114)(H,97,112)(H,98,115)(H,99,111)(H,100,113)/b59-42-/t49-,52-,60+,61-,62?,63+,65+,66-,74+/m1/s1. The van der Waals surface area contributed by atoms with Crippen molar-refractivity contribution in [1.82, 2.24) is 68.4 Å². The number of aliphatic hydroxyl groups is 2. The van der Waals surface area contributed by atoms with Crippen molar-refractivity contribution >= 4 is 100 Å². The van der Waals surface area contributed by atoms with Crippen LogP contribution in [0.5, 0.6) is 0 Å². The van der Waals surface area contributed by atoms with Crippen LogP contribution in [-0.2, 0) is 80.1 Å². The molecule has 654 valence electrons.